The summed E-state index contributed by atoms with van der Waals surface area (Å²) in [7, 11) is -5.02. The minimum atomic E-state index is -5.02. The first kappa shape index (κ1) is 61.8. The molecule has 0 saturated heterocycles. The van der Waals surface area contributed by atoms with Gasteiger partial charge in [-0.25, -0.2) is 4.57 Å². The summed E-state index contributed by atoms with van der Waals surface area (Å²) < 4.78 is 34.3. The third-order valence-corrected chi connectivity index (χ3v) is 13.6. The zero-order valence-electron chi connectivity index (χ0n) is 41.3. The van der Waals surface area contributed by atoms with Gasteiger partial charge in [-0.15, -0.1) is 0 Å². The smallest absolute Gasteiger partial charge is 0.457 e. The number of esters is 1. The van der Waals surface area contributed by atoms with Crippen molar-refractivity contribution in [2.45, 2.75) is 281 Å². The zero-order valence-corrected chi connectivity index (χ0v) is 42.2. The summed E-state index contributed by atoms with van der Waals surface area (Å²) in [4.78, 5) is 23.3. The normalized spacial score (nSPS) is 21.7. The van der Waals surface area contributed by atoms with Crippen LogP contribution in [0.1, 0.15) is 239 Å². The Morgan fingerprint density at radius 3 is 1.32 bits per heavy atom. The van der Waals surface area contributed by atoms with E-state index in [1.807, 2.05) is 0 Å². The van der Waals surface area contributed by atoms with Crippen LogP contribution >= 0.6 is 7.82 Å². The number of phosphoric ester groups is 1. The molecule has 1 aliphatic rings. The summed E-state index contributed by atoms with van der Waals surface area (Å²) in [5.74, 6) is -0.473. The first-order chi connectivity index (χ1) is 31.5. The molecule has 6 unspecified atom stereocenters. The highest BCUT2D eigenvalue weighted by atomic mass is 31.2. The van der Waals surface area contributed by atoms with Gasteiger partial charge in [-0.2, -0.15) is 0 Å². The number of rotatable bonds is 46. The van der Waals surface area contributed by atoms with Crippen molar-refractivity contribution in [3.63, 3.8) is 0 Å². The summed E-state index contributed by atoms with van der Waals surface area (Å²) in [6.07, 6.45) is 38.1. The molecular weight excluding hydrogens is 848 g/mol. The van der Waals surface area contributed by atoms with Gasteiger partial charge in [-0.1, -0.05) is 212 Å². The minimum Gasteiger partial charge on any atom is -0.457 e. The van der Waals surface area contributed by atoms with Gasteiger partial charge < -0.3 is 39.9 Å². The van der Waals surface area contributed by atoms with Gasteiger partial charge in [0.25, 0.3) is 0 Å². The monoisotopic (exact) mass is 947 g/mol. The van der Waals surface area contributed by atoms with Crippen molar-refractivity contribution in [1.82, 2.24) is 0 Å². The van der Waals surface area contributed by atoms with E-state index in [1.54, 1.807) is 0 Å². The number of phosphoric acid groups is 1. The maximum absolute atomic E-state index is 12.9. The molecule has 13 heteroatoms. The Kier molecular flexibility index (Phi) is 40.8. The Hall–Kier alpha value is -1.18. The van der Waals surface area contributed by atoms with E-state index in [-0.39, 0.29) is 13.0 Å². The summed E-state index contributed by atoms with van der Waals surface area (Å²) in [6.45, 7) is 4.27. The fourth-order valence-corrected chi connectivity index (χ4v) is 9.30. The van der Waals surface area contributed by atoms with Gasteiger partial charge >= 0.3 is 13.8 Å². The van der Waals surface area contributed by atoms with Crippen molar-refractivity contribution in [2.24, 2.45) is 0 Å². The average molecular weight is 947 g/mol. The van der Waals surface area contributed by atoms with Crippen LogP contribution in [0.25, 0.3) is 0 Å². The lowest BCUT2D eigenvalue weighted by Crippen LogP contribution is -2.64. The molecule has 0 spiro atoms. The topological polar surface area (TPSA) is 192 Å². The standard InChI is InChI=1S/C52H99O12P/c1-3-5-7-9-11-13-15-17-19-21-23-24-26-28-30-32-34-36-38-40-42-61-43-45(44-62-65(59,60)64-52-50(57)48(55)47(54)49(56)51(52)58)63-46(53)41-39-37-35-33-31-29-27-25-22-20-18-16-14-12-10-8-6-4-2/h11,13,17,19,45,47-52,54-58H,3-10,12,14-16,18,20-44H2,1-2H3,(H,59,60)/b13-11-,19-17-. The molecule has 1 fully saturated rings. The number of aliphatic hydroxyl groups excluding tert-OH is 5. The van der Waals surface area contributed by atoms with Gasteiger partial charge in [0.2, 0.25) is 0 Å². The first-order valence-corrected chi connectivity index (χ1v) is 28.2. The van der Waals surface area contributed by atoms with Gasteiger partial charge in [0.05, 0.1) is 13.2 Å². The van der Waals surface area contributed by atoms with E-state index in [2.05, 4.69) is 38.2 Å². The lowest BCUT2D eigenvalue weighted by atomic mass is 9.85. The van der Waals surface area contributed by atoms with Crippen LogP contribution in [0.2, 0.25) is 0 Å². The molecule has 0 radical (unpaired) electrons. The first-order valence-electron chi connectivity index (χ1n) is 26.7. The highest BCUT2D eigenvalue weighted by Gasteiger charge is 2.51. The van der Waals surface area contributed by atoms with Crippen LogP contribution in [0.5, 0.6) is 0 Å². The molecule has 0 heterocycles. The highest BCUT2D eigenvalue weighted by Crippen LogP contribution is 2.47. The Morgan fingerprint density at radius 1 is 0.492 bits per heavy atom. The molecule has 1 saturated carbocycles. The quantitative estimate of drug-likeness (QED) is 0.0147. The number of ether oxygens (including phenoxy) is 2. The van der Waals surface area contributed by atoms with Crippen molar-refractivity contribution in [2.75, 3.05) is 19.8 Å². The van der Waals surface area contributed by atoms with E-state index in [4.69, 9.17) is 18.5 Å². The molecule has 0 bridgehead atoms. The van der Waals surface area contributed by atoms with Crippen LogP contribution in [-0.4, -0.2) is 98.9 Å². The highest BCUT2D eigenvalue weighted by molar-refractivity contribution is 7.47. The largest absolute Gasteiger partial charge is 0.472 e. The second kappa shape index (κ2) is 42.9. The summed E-state index contributed by atoms with van der Waals surface area (Å²) >= 11 is 0. The van der Waals surface area contributed by atoms with E-state index in [1.165, 1.54) is 167 Å². The fraction of sp³-hybridized carbons (Fsp3) is 0.904. The SMILES string of the molecule is CCCCC/C=C\C/C=C\CCCCCCCCCCCCOCC(COP(=O)(O)OC1C(O)C(O)C(O)C(O)C1O)OC(=O)CCCCCCCCCCCCCCCCCCCC. The average Bonchev–Trinajstić information content (AvgIpc) is 3.29. The van der Waals surface area contributed by atoms with Gasteiger partial charge in [-0.05, 0) is 44.9 Å². The molecule has 0 aliphatic heterocycles. The van der Waals surface area contributed by atoms with Crippen molar-refractivity contribution in [1.29, 1.82) is 0 Å². The van der Waals surface area contributed by atoms with E-state index >= 15 is 0 Å². The van der Waals surface area contributed by atoms with Crippen LogP contribution in [0.3, 0.4) is 0 Å². The van der Waals surface area contributed by atoms with Crippen LogP contribution in [-0.2, 0) is 27.9 Å². The maximum atomic E-state index is 12.9. The number of aliphatic hydroxyl groups is 5. The molecule has 12 nitrogen and oxygen atoms in total. The molecule has 6 atom stereocenters. The molecule has 0 amide bonds. The number of hydrogen-bond donors (Lipinski definition) is 6. The number of allylic oxidation sites excluding steroid dienone is 4. The van der Waals surface area contributed by atoms with E-state index in [9.17, 15) is 39.8 Å². The second-order valence-corrected chi connectivity index (χ2v) is 20.1. The van der Waals surface area contributed by atoms with E-state index in [0.717, 1.165) is 44.9 Å². The number of carbonyl (C=O) groups is 1. The van der Waals surface area contributed by atoms with Crippen LogP contribution < -0.4 is 0 Å². The molecule has 1 aliphatic carbocycles. The van der Waals surface area contributed by atoms with Gasteiger partial charge in [0, 0.05) is 13.0 Å². The molecule has 6 N–H and O–H groups in total. The lowest BCUT2D eigenvalue weighted by molar-refractivity contribution is -0.220. The minimum absolute atomic E-state index is 0.0743. The fourth-order valence-electron chi connectivity index (χ4n) is 8.33. The second-order valence-electron chi connectivity index (χ2n) is 18.7. The van der Waals surface area contributed by atoms with Gasteiger partial charge in [0.15, 0.2) is 0 Å². The summed E-state index contributed by atoms with van der Waals surface area (Å²) in [5, 5.41) is 50.3. The zero-order chi connectivity index (χ0) is 47.6. The third kappa shape index (κ3) is 34.7. The van der Waals surface area contributed by atoms with Crippen LogP contribution in [0.15, 0.2) is 24.3 Å². The van der Waals surface area contributed by atoms with Crippen LogP contribution in [0, 0.1) is 0 Å². The van der Waals surface area contributed by atoms with Crippen LogP contribution in [0.4, 0.5) is 0 Å². The molecule has 0 aromatic carbocycles. The summed E-state index contributed by atoms with van der Waals surface area (Å²) in [6, 6.07) is 0. The predicted molar refractivity (Wildman–Crippen MR) is 263 cm³/mol. The van der Waals surface area contributed by atoms with E-state index in [0.29, 0.717) is 13.0 Å². The van der Waals surface area contributed by atoms with Gasteiger partial charge in [-0.3, -0.25) is 13.8 Å². The Bertz CT molecular complexity index is 1170. The Balaban J connectivity index is 2.32. The Labute approximate surface area is 396 Å². The molecule has 0 aromatic rings. The van der Waals surface area contributed by atoms with Crippen molar-refractivity contribution in [3.8, 4) is 0 Å². The third-order valence-electron chi connectivity index (χ3n) is 12.6. The van der Waals surface area contributed by atoms with Crippen molar-refractivity contribution >= 4 is 13.8 Å². The van der Waals surface area contributed by atoms with E-state index < -0.39 is 63.1 Å². The maximum Gasteiger partial charge on any atom is 0.472 e. The number of carbonyl (C=O) groups excluding carboxylic acids is 1. The molecule has 65 heavy (non-hydrogen) atoms. The number of hydrogen-bond acceptors (Lipinski definition) is 11. The van der Waals surface area contributed by atoms with Crippen molar-refractivity contribution < 1.29 is 58.3 Å². The molecular formula is C52H99O12P. The predicted octanol–water partition coefficient (Wildman–Crippen LogP) is 12.0. The number of unbranched alkanes of at least 4 members (excludes halogenated alkanes) is 30. The molecule has 1 rings (SSSR count). The Morgan fingerprint density at radius 2 is 0.862 bits per heavy atom. The summed E-state index contributed by atoms with van der Waals surface area (Å²) in [5.41, 5.74) is 0. The molecule has 0 aromatic heterocycles. The lowest BCUT2D eigenvalue weighted by Gasteiger charge is -2.41. The molecule has 384 valence electrons. The van der Waals surface area contributed by atoms with Crippen molar-refractivity contribution in [3.05, 3.63) is 24.3 Å². The van der Waals surface area contributed by atoms with Gasteiger partial charge in [0.1, 0.15) is 42.7 Å².